The molecular formula is C12H9NO2S. The third-order valence-corrected chi connectivity index (χ3v) is 2.64. The Labute approximate surface area is 96.7 Å². The Bertz CT molecular complexity index is 518. The summed E-state index contributed by atoms with van der Waals surface area (Å²) in [6, 6.07) is 6.78. The van der Waals surface area contributed by atoms with Gasteiger partial charge < -0.3 is 5.11 Å². The van der Waals surface area contributed by atoms with E-state index in [1.165, 1.54) is 11.3 Å². The van der Waals surface area contributed by atoms with Crippen LogP contribution in [-0.4, -0.2) is 16.1 Å². The summed E-state index contributed by atoms with van der Waals surface area (Å²) >= 11 is 1.53. The minimum absolute atomic E-state index is 0.292. The normalized spacial score (nSPS) is 10.8. The molecule has 0 bridgehead atoms. The van der Waals surface area contributed by atoms with Gasteiger partial charge in [0.05, 0.1) is 16.8 Å². The highest BCUT2D eigenvalue weighted by molar-refractivity contribution is 7.07. The molecule has 0 spiro atoms. The van der Waals surface area contributed by atoms with Gasteiger partial charge in [-0.1, -0.05) is 18.2 Å². The molecule has 1 aromatic carbocycles. The van der Waals surface area contributed by atoms with Crippen LogP contribution in [0.15, 0.2) is 35.2 Å². The van der Waals surface area contributed by atoms with Gasteiger partial charge in [-0.15, -0.1) is 11.3 Å². The highest BCUT2D eigenvalue weighted by atomic mass is 32.1. The summed E-state index contributed by atoms with van der Waals surface area (Å²) in [6.45, 7) is 0. The average Bonchev–Trinajstić information content (AvgIpc) is 2.79. The van der Waals surface area contributed by atoms with Crippen molar-refractivity contribution >= 4 is 29.5 Å². The molecule has 2 rings (SSSR count). The van der Waals surface area contributed by atoms with Gasteiger partial charge in [-0.3, -0.25) is 0 Å². The van der Waals surface area contributed by atoms with E-state index in [9.17, 15) is 4.79 Å². The van der Waals surface area contributed by atoms with Crippen molar-refractivity contribution in [2.75, 3.05) is 0 Å². The molecule has 1 N–H and O–H groups in total. The molecule has 3 nitrogen and oxygen atoms in total. The number of carbonyl (C=O) groups is 1. The molecule has 16 heavy (non-hydrogen) atoms. The summed E-state index contributed by atoms with van der Waals surface area (Å²) < 4.78 is 0. The van der Waals surface area contributed by atoms with Crippen molar-refractivity contribution in [3.63, 3.8) is 0 Å². The molecule has 1 heterocycles. The van der Waals surface area contributed by atoms with E-state index in [2.05, 4.69) is 4.98 Å². The predicted octanol–water partition coefficient (Wildman–Crippen LogP) is 3.01. The number of benzene rings is 1. The van der Waals surface area contributed by atoms with Crippen LogP contribution in [0.25, 0.3) is 12.2 Å². The molecule has 0 saturated heterocycles. The van der Waals surface area contributed by atoms with Gasteiger partial charge in [0.15, 0.2) is 0 Å². The highest BCUT2D eigenvalue weighted by Crippen LogP contribution is 2.10. The van der Waals surface area contributed by atoms with E-state index >= 15 is 0 Å². The number of hydrogen-bond donors (Lipinski definition) is 1. The Hall–Kier alpha value is -1.94. The first-order valence-electron chi connectivity index (χ1n) is 4.65. The second-order valence-corrected chi connectivity index (χ2v) is 3.90. The maximum Gasteiger partial charge on any atom is 0.335 e. The summed E-state index contributed by atoms with van der Waals surface area (Å²) in [4.78, 5) is 14.9. The first-order chi connectivity index (χ1) is 7.75. The van der Waals surface area contributed by atoms with Crippen molar-refractivity contribution in [3.8, 4) is 0 Å². The topological polar surface area (TPSA) is 50.2 Å². The van der Waals surface area contributed by atoms with Gasteiger partial charge in [-0.05, 0) is 23.8 Å². The van der Waals surface area contributed by atoms with E-state index < -0.39 is 5.97 Å². The standard InChI is InChI=1S/C12H9NO2S/c14-12(15)10-3-1-2-9(6-10)4-5-11-7-16-8-13-11/h1-8H,(H,14,15)/b5-4-. The number of thiazole rings is 1. The molecule has 0 unspecified atom stereocenters. The summed E-state index contributed by atoms with van der Waals surface area (Å²) in [5.41, 5.74) is 3.78. The van der Waals surface area contributed by atoms with Gasteiger partial charge in [0.2, 0.25) is 0 Å². The Morgan fingerprint density at radius 3 is 2.94 bits per heavy atom. The third kappa shape index (κ3) is 2.55. The fourth-order valence-electron chi connectivity index (χ4n) is 1.26. The van der Waals surface area contributed by atoms with Crippen LogP contribution in [-0.2, 0) is 0 Å². The second kappa shape index (κ2) is 4.72. The lowest BCUT2D eigenvalue weighted by Gasteiger charge is -1.96. The zero-order valence-electron chi connectivity index (χ0n) is 8.33. The van der Waals surface area contributed by atoms with Crippen LogP contribution in [0.4, 0.5) is 0 Å². The number of nitrogens with zero attached hydrogens (tertiary/aromatic N) is 1. The highest BCUT2D eigenvalue weighted by Gasteiger charge is 2.01. The van der Waals surface area contributed by atoms with Crippen LogP contribution in [0, 0.1) is 0 Å². The summed E-state index contributed by atoms with van der Waals surface area (Å²) in [5, 5.41) is 10.8. The minimum atomic E-state index is -0.913. The molecule has 0 atom stereocenters. The van der Waals surface area contributed by atoms with Crippen molar-refractivity contribution in [1.82, 2.24) is 4.98 Å². The molecule has 0 aliphatic carbocycles. The molecule has 0 fully saturated rings. The lowest BCUT2D eigenvalue weighted by Crippen LogP contribution is -1.95. The molecule has 1 aromatic heterocycles. The van der Waals surface area contributed by atoms with Crippen molar-refractivity contribution in [1.29, 1.82) is 0 Å². The summed E-state index contributed by atoms with van der Waals surface area (Å²) in [7, 11) is 0. The van der Waals surface area contributed by atoms with Crippen LogP contribution in [0.2, 0.25) is 0 Å². The molecule has 0 aliphatic heterocycles. The Morgan fingerprint density at radius 1 is 1.38 bits per heavy atom. The fraction of sp³-hybridized carbons (Fsp3) is 0. The van der Waals surface area contributed by atoms with Crippen LogP contribution >= 0.6 is 11.3 Å². The predicted molar refractivity (Wildman–Crippen MR) is 64.4 cm³/mol. The van der Waals surface area contributed by atoms with E-state index in [-0.39, 0.29) is 0 Å². The molecule has 0 radical (unpaired) electrons. The first-order valence-corrected chi connectivity index (χ1v) is 5.59. The molecule has 80 valence electrons. The van der Waals surface area contributed by atoms with Gasteiger partial charge in [0.25, 0.3) is 0 Å². The zero-order valence-corrected chi connectivity index (χ0v) is 9.15. The quantitative estimate of drug-likeness (QED) is 0.883. The maximum atomic E-state index is 10.8. The number of aromatic carboxylic acids is 1. The van der Waals surface area contributed by atoms with Crippen LogP contribution in [0.1, 0.15) is 21.6 Å². The number of rotatable bonds is 3. The number of aromatic nitrogens is 1. The smallest absolute Gasteiger partial charge is 0.335 e. The molecule has 0 saturated carbocycles. The van der Waals surface area contributed by atoms with Gasteiger partial charge in [-0.2, -0.15) is 0 Å². The minimum Gasteiger partial charge on any atom is -0.478 e. The lowest BCUT2D eigenvalue weighted by molar-refractivity contribution is 0.0697. The van der Waals surface area contributed by atoms with E-state index in [0.717, 1.165) is 11.3 Å². The first kappa shape index (κ1) is 10.6. The van der Waals surface area contributed by atoms with Crippen molar-refractivity contribution in [2.24, 2.45) is 0 Å². The number of hydrogen-bond acceptors (Lipinski definition) is 3. The Kier molecular flexibility index (Phi) is 3.12. The largest absolute Gasteiger partial charge is 0.478 e. The SMILES string of the molecule is O=C(O)c1cccc(/C=C\c2cscn2)c1. The zero-order chi connectivity index (χ0) is 11.4. The molecule has 0 aliphatic rings. The van der Waals surface area contributed by atoms with Crippen molar-refractivity contribution < 1.29 is 9.90 Å². The molecule has 4 heteroatoms. The van der Waals surface area contributed by atoms with Gasteiger partial charge in [0, 0.05) is 5.38 Å². The molecular weight excluding hydrogens is 222 g/mol. The fourth-order valence-corrected chi connectivity index (χ4v) is 1.78. The monoisotopic (exact) mass is 231 g/mol. The van der Waals surface area contributed by atoms with Gasteiger partial charge in [-0.25, -0.2) is 9.78 Å². The van der Waals surface area contributed by atoms with E-state index in [1.807, 2.05) is 23.6 Å². The van der Waals surface area contributed by atoms with Crippen LogP contribution in [0.5, 0.6) is 0 Å². The summed E-state index contributed by atoms with van der Waals surface area (Å²) in [5.74, 6) is -0.913. The Balaban J connectivity index is 2.22. The Morgan fingerprint density at radius 2 is 2.25 bits per heavy atom. The van der Waals surface area contributed by atoms with Crippen LogP contribution < -0.4 is 0 Å². The van der Waals surface area contributed by atoms with Gasteiger partial charge >= 0.3 is 5.97 Å². The maximum absolute atomic E-state index is 10.8. The van der Waals surface area contributed by atoms with Crippen molar-refractivity contribution in [3.05, 3.63) is 52.0 Å². The van der Waals surface area contributed by atoms with E-state index in [0.29, 0.717) is 5.56 Å². The number of carboxylic acids is 1. The van der Waals surface area contributed by atoms with Crippen molar-refractivity contribution in [2.45, 2.75) is 0 Å². The summed E-state index contributed by atoms with van der Waals surface area (Å²) in [6.07, 6.45) is 3.71. The third-order valence-electron chi connectivity index (χ3n) is 2.03. The average molecular weight is 231 g/mol. The van der Waals surface area contributed by atoms with Gasteiger partial charge in [0.1, 0.15) is 0 Å². The second-order valence-electron chi connectivity index (χ2n) is 3.18. The van der Waals surface area contributed by atoms with Crippen LogP contribution in [0.3, 0.4) is 0 Å². The van der Waals surface area contributed by atoms with E-state index in [1.54, 1.807) is 23.7 Å². The molecule has 2 aromatic rings. The molecule has 0 amide bonds. The van der Waals surface area contributed by atoms with E-state index in [4.69, 9.17) is 5.11 Å². The lowest BCUT2D eigenvalue weighted by atomic mass is 10.1. The number of carboxylic acid groups (broad SMARTS) is 1.